The summed E-state index contributed by atoms with van der Waals surface area (Å²) in [7, 11) is 0. The summed E-state index contributed by atoms with van der Waals surface area (Å²) in [5.74, 6) is -0.910. The van der Waals surface area contributed by atoms with Crippen molar-refractivity contribution in [2.24, 2.45) is 17.8 Å². The Bertz CT molecular complexity index is 571. The van der Waals surface area contributed by atoms with Gasteiger partial charge in [-0.2, -0.15) is 0 Å². The van der Waals surface area contributed by atoms with Crippen LogP contribution in [0.25, 0.3) is 0 Å². The Balaban J connectivity index is 2.10. The number of anilines is 1. The molecule has 1 saturated heterocycles. The summed E-state index contributed by atoms with van der Waals surface area (Å²) in [6.07, 6.45) is 2.97. The number of carbonyl (C=O) groups is 2. The van der Waals surface area contributed by atoms with Crippen LogP contribution in [0.2, 0.25) is 0 Å². The average Bonchev–Trinajstić information content (AvgIpc) is 2.92. The van der Waals surface area contributed by atoms with Crippen molar-refractivity contribution in [1.82, 2.24) is 14.9 Å². The second kappa shape index (κ2) is 6.93. The molecule has 0 aliphatic carbocycles. The first-order chi connectivity index (χ1) is 10.8. The first-order valence-electron chi connectivity index (χ1n) is 7.90. The highest BCUT2D eigenvalue weighted by Gasteiger charge is 2.41. The Morgan fingerprint density at radius 3 is 2.26 bits per heavy atom. The third kappa shape index (κ3) is 3.97. The van der Waals surface area contributed by atoms with Crippen molar-refractivity contribution in [3.63, 3.8) is 0 Å². The molecule has 7 nitrogen and oxygen atoms in total. The predicted octanol–water partition coefficient (Wildman–Crippen LogP) is 1.73. The summed E-state index contributed by atoms with van der Waals surface area (Å²) in [6.45, 7) is 8.63. The molecule has 1 aliphatic rings. The van der Waals surface area contributed by atoms with Crippen molar-refractivity contribution in [3.05, 3.63) is 18.0 Å². The molecule has 126 valence electrons. The second-order valence-corrected chi connectivity index (χ2v) is 6.66. The lowest BCUT2D eigenvalue weighted by Gasteiger charge is -2.18. The van der Waals surface area contributed by atoms with Gasteiger partial charge < -0.3 is 15.3 Å². The van der Waals surface area contributed by atoms with Gasteiger partial charge in [0.05, 0.1) is 11.5 Å². The molecule has 0 bridgehead atoms. The molecular weight excluding hydrogens is 296 g/mol. The number of hydrogen-bond donors (Lipinski definition) is 2. The molecule has 1 amide bonds. The van der Waals surface area contributed by atoms with Gasteiger partial charge in [0, 0.05) is 31.5 Å². The maximum Gasteiger partial charge on any atom is 0.308 e. The molecular formula is C16H24N4O3. The van der Waals surface area contributed by atoms with Crippen molar-refractivity contribution in [2.45, 2.75) is 33.7 Å². The molecule has 1 aromatic heterocycles. The fourth-order valence-corrected chi connectivity index (χ4v) is 2.89. The summed E-state index contributed by atoms with van der Waals surface area (Å²) >= 11 is 0. The van der Waals surface area contributed by atoms with Crippen LogP contribution in [0.4, 0.5) is 5.95 Å². The molecule has 2 rings (SSSR count). The van der Waals surface area contributed by atoms with Gasteiger partial charge in [0.1, 0.15) is 0 Å². The lowest BCUT2D eigenvalue weighted by atomic mass is 9.86. The third-order valence-electron chi connectivity index (χ3n) is 4.14. The van der Waals surface area contributed by atoms with Crippen LogP contribution < -0.4 is 5.32 Å². The molecule has 1 aromatic rings. The summed E-state index contributed by atoms with van der Waals surface area (Å²) < 4.78 is 0. The lowest BCUT2D eigenvalue weighted by molar-refractivity contribution is -0.142. The minimum absolute atomic E-state index is 0.0285. The summed E-state index contributed by atoms with van der Waals surface area (Å²) in [6, 6.07) is 0.207. The van der Waals surface area contributed by atoms with E-state index in [4.69, 9.17) is 0 Å². The van der Waals surface area contributed by atoms with E-state index in [2.05, 4.69) is 15.3 Å². The van der Waals surface area contributed by atoms with Crippen molar-refractivity contribution < 1.29 is 14.7 Å². The van der Waals surface area contributed by atoms with Crippen molar-refractivity contribution >= 4 is 17.8 Å². The van der Waals surface area contributed by atoms with Crippen LogP contribution in [0.1, 0.15) is 38.1 Å². The Morgan fingerprint density at radius 2 is 1.83 bits per heavy atom. The van der Waals surface area contributed by atoms with Crippen LogP contribution >= 0.6 is 0 Å². The van der Waals surface area contributed by atoms with E-state index in [1.807, 2.05) is 27.7 Å². The number of amides is 1. The number of aliphatic carboxylic acids is 1. The van der Waals surface area contributed by atoms with Crippen LogP contribution in [0.15, 0.2) is 12.4 Å². The number of aromatic nitrogens is 2. The first-order valence-corrected chi connectivity index (χ1v) is 7.90. The van der Waals surface area contributed by atoms with Crippen LogP contribution in [0, 0.1) is 17.8 Å². The van der Waals surface area contributed by atoms with Crippen LogP contribution in [-0.2, 0) is 4.79 Å². The minimum Gasteiger partial charge on any atom is -0.481 e. The molecule has 2 atom stereocenters. The zero-order chi connectivity index (χ0) is 17.1. The van der Waals surface area contributed by atoms with E-state index >= 15 is 0 Å². The molecule has 2 heterocycles. The van der Waals surface area contributed by atoms with E-state index in [0.29, 0.717) is 18.1 Å². The molecule has 1 fully saturated rings. The van der Waals surface area contributed by atoms with E-state index in [0.717, 1.165) is 0 Å². The number of nitrogens with zero attached hydrogens (tertiary/aromatic N) is 3. The highest BCUT2D eigenvalue weighted by molar-refractivity contribution is 5.94. The van der Waals surface area contributed by atoms with E-state index in [1.165, 1.54) is 12.4 Å². The van der Waals surface area contributed by atoms with Gasteiger partial charge in [-0.15, -0.1) is 0 Å². The van der Waals surface area contributed by atoms with Crippen molar-refractivity contribution in [2.75, 3.05) is 18.4 Å². The van der Waals surface area contributed by atoms with Gasteiger partial charge in [-0.1, -0.05) is 13.8 Å². The first kappa shape index (κ1) is 17.2. The maximum atomic E-state index is 12.5. The van der Waals surface area contributed by atoms with Gasteiger partial charge in [0.15, 0.2) is 0 Å². The molecule has 2 N–H and O–H groups in total. The third-order valence-corrected chi connectivity index (χ3v) is 4.14. The summed E-state index contributed by atoms with van der Waals surface area (Å²) in [5.41, 5.74) is 0.382. The van der Waals surface area contributed by atoms with Gasteiger partial charge in [0.2, 0.25) is 5.95 Å². The van der Waals surface area contributed by atoms with Gasteiger partial charge in [-0.3, -0.25) is 9.59 Å². The normalized spacial score (nSPS) is 21.0. The van der Waals surface area contributed by atoms with E-state index in [1.54, 1.807) is 4.90 Å². The largest absolute Gasteiger partial charge is 0.481 e. The zero-order valence-electron chi connectivity index (χ0n) is 14.0. The van der Waals surface area contributed by atoms with Gasteiger partial charge in [-0.05, 0) is 25.7 Å². The smallest absolute Gasteiger partial charge is 0.308 e. The van der Waals surface area contributed by atoms with E-state index < -0.39 is 11.9 Å². The zero-order valence-corrected chi connectivity index (χ0v) is 14.0. The monoisotopic (exact) mass is 320 g/mol. The molecule has 1 aliphatic heterocycles. The SMILES string of the molecule is CC(C)Nc1ncc(C(=O)N2C[C@@H](C(=O)O)[C@H](C(C)C)C2)cn1. The van der Waals surface area contributed by atoms with Crippen LogP contribution in [0.3, 0.4) is 0 Å². The van der Waals surface area contributed by atoms with Gasteiger partial charge >= 0.3 is 5.97 Å². The summed E-state index contributed by atoms with van der Waals surface area (Å²) in [5, 5.41) is 12.4. The molecule has 7 heteroatoms. The Hall–Kier alpha value is -2.18. The molecule has 0 radical (unpaired) electrons. The number of hydrogen-bond acceptors (Lipinski definition) is 5. The predicted molar refractivity (Wildman–Crippen MR) is 86.1 cm³/mol. The lowest BCUT2D eigenvalue weighted by Crippen LogP contribution is -2.30. The van der Waals surface area contributed by atoms with Crippen molar-refractivity contribution in [3.8, 4) is 0 Å². The van der Waals surface area contributed by atoms with E-state index in [9.17, 15) is 14.7 Å². The van der Waals surface area contributed by atoms with Crippen LogP contribution in [0.5, 0.6) is 0 Å². The minimum atomic E-state index is -0.841. The average molecular weight is 320 g/mol. The Kier molecular flexibility index (Phi) is 5.18. The fraction of sp³-hybridized carbons (Fsp3) is 0.625. The van der Waals surface area contributed by atoms with E-state index in [-0.39, 0.29) is 30.3 Å². The molecule has 0 aromatic carbocycles. The number of rotatable bonds is 5. The van der Waals surface area contributed by atoms with Crippen LogP contribution in [-0.4, -0.2) is 51.0 Å². The number of carboxylic acid groups (broad SMARTS) is 1. The molecule has 23 heavy (non-hydrogen) atoms. The van der Waals surface area contributed by atoms with Gasteiger partial charge in [-0.25, -0.2) is 9.97 Å². The quantitative estimate of drug-likeness (QED) is 0.858. The molecule has 0 saturated carbocycles. The standard InChI is InChI=1S/C16H24N4O3/c1-9(2)12-7-20(8-13(12)15(22)23)14(21)11-5-17-16(18-6-11)19-10(3)4/h5-6,9-10,12-13H,7-8H2,1-4H3,(H,22,23)(H,17,18,19)/t12-,13+/m0/s1. The Labute approximate surface area is 136 Å². The van der Waals surface area contributed by atoms with Gasteiger partial charge in [0.25, 0.3) is 5.91 Å². The second-order valence-electron chi connectivity index (χ2n) is 6.66. The molecule has 0 unspecified atom stereocenters. The highest BCUT2D eigenvalue weighted by Crippen LogP contribution is 2.30. The Morgan fingerprint density at radius 1 is 1.22 bits per heavy atom. The molecule has 0 spiro atoms. The number of likely N-dealkylation sites (tertiary alicyclic amines) is 1. The topological polar surface area (TPSA) is 95.4 Å². The summed E-state index contributed by atoms with van der Waals surface area (Å²) in [4.78, 5) is 33.8. The number of nitrogens with one attached hydrogen (secondary N) is 1. The fourth-order valence-electron chi connectivity index (χ4n) is 2.89. The number of carbonyl (C=O) groups excluding carboxylic acids is 1. The van der Waals surface area contributed by atoms with Crippen molar-refractivity contribution in [1.29, 1.82) is 0 Å². The highest BCUT2D eigenvalue weighted by atomic mass is 16.4. The number of carboxylic acids is 1. The maximum absolute atomic E-state index is 12.5.